The van der Waals surface area contributed by atoms with E-state index in [1.54, 1.807) is 18.3 Å². The van der Waals surface area contributed by atoms with E-state index in [0.29, 0.717) is 12.0 Å². The van der Waals surface area contributed by atoms with Crippen molar-refractivity contribution in [3.8, 4) is 5.75 Å². The molecule has 174 valence electrons. The SMILES string of the molecule is COc1ccc(N2CCN(C[C@@H]3C(=O)O[C@@H]4C[C@@]5(C)CCCC(C)=C5C[C@H]34)C[C@H]2C)cc1. The lowest BCUT2D eigenvalue weighted by atomic mass is 9.59. The van der Waals surface area contributed by atoms with Gasteiger partial charge in [0.25, 0.3) is 0 Å². The summed E-state index contributed by atoms with van der Waals surface area (Å²) in [4.78, 5) is 17.9. The molecule has 1 aromatic rings. The van der Waals surface area contributed by atoms with Gasteiger partial charge in [0.05, 0.1) is 13.0 Å². The number of anilines is 1. The highest BCUT2D eigenvalue weighted by Crippen LogP contribution is 2.55. The molecule has 5 rings (SSSR count). The third-order valence-electron chi connectivity index (χ3n) is 8.75. The fourth-order valence-electron chi connectivity index (χ4n) is 6.96. The monoisotopic (exact) mass is 438 g/mol. The van der Waals surface area contributed by atoms with Crippen LogP contribution < -0.4 is 9.64 Å². The third-order valence-corrected chi connectivity index (χ3v) is 8.75. The molecule has 4 aliphatic rings. The first-order chi connectivity index (χ1) is 15.4. The van der Waals surface area contributed by atoms with Crippen LogP contribution in [-0.2, 0) is 9.53 Å². The minimum Gasteiger partial charge on any atom is -0.497 e. The van der Waals surface area contributed by atoms with Gasteiger partial charge >= 0.3 is 5.97 Å². The number of nitrogens with zero attached hydrogens (tertiary/aromatic N) is 2. The van der Waals surface area contributed by atoms with E-state index in [1.165, 1.54) is 24.9 Å². The minimum absolute atomic E-state index is 0.0199. The maximum Gasteiger partial charge on any atom is 0.310 e. The van der Waals surface area contributed by atoms with E-state index in [4.69, 9.17) is 9.47 Å². The van der Waals surface area contributed by atoms with E-state index in [2.05, 4.69) is 42.7 Å². The van der Waals surface area contributed by atoms with Gasteiger partial charge in [0, 0.05) is 43.8 Å². The summed E-state index contributed by atoms with van der Waals surface area (Å²) in [5, 5.41) is 0. The lowest BCUT2D eigenvalue weighted by Gasteiger charge is -2.46. The van der Waals surface area contributed by atoms with Gasteiger partial charge in [0.15, 0.2) is 0 Å². The molecule has 2 aliphatic heterocycles. The molecule has 0 radical (unpaired) electrons. The number of methoxy groups -OCH3 is 1. The molecule has 0 bridgehead atoms. The number of ether oxygens (including phenoxy) is 2. The van der Waals surface area contributed by atoms with Gasteiger partial charge in [-0.15, -0.1) is 0 Å². The number of allylic oxidation sites excluding steroid dienone is 2. The van der Waals surface area contributed by atoms with Crippen molar-refractivity contribution in [3.63, 3.8) is 0 Å². The Kier molecular flexibility index (Phi) is 5.73. The first kappa shape index (κ1) is 21.8. The first-order valence-electron chi connectivity index (χ1n) is 12.4. The smallest absolute Gasteiger partial charge is 0.310 e. The summed E-state index contributed by atoms with van der Waals surface area (Å²) < 4.78 is 11.3. The van der Waals surface area contributed by atoms with Crippen molar-refractivity contribution in [2.75, 3.05) is 38.2 Å². The molecule has 32 heavy (non-hydrogen) atoms. The Morgan fingerprint density at radius 2 is 2.00 bits per heavy atom. The molecule has 0 amide bonds. The lowest BCUT2D eigenvalue weighted by Crippen LogP contribution is -2.53. The summed E-state index contributed by atoms with van der Waals surface area (Å²) in [6, 6.07) is 8.75. The molecule has 2 heterocycles. The molecule has 5 heteroatoms. The molecule has 0 unspecified atom stereocenters. The van der Waals surface area contributed by atoms with Gasteiger partial charge in [0.1, 0.15) is 11.9 Å². The van der Waals surface area contributed by atoms with E-state index in [-0.39, 0.29) is 23.4 Å². The van der Waals surface area contributed by atoms with Crippen molar-refractivity contribution in [1.82, 2.24) is 4.90 Å². The summed E-state index contributed by atoms with van der Waals surface area (Å²) in [6.45, 7) is 10.8. The first-order valence-corrected chi connectivity index (χ1v) is 12.4. The average molecular weight is 439 g/mol. The van der Waals surface area contributed by atoms with Crippen LogP contribution in [0.3, 0.4) is 0 Å². The molecule has 1 aromatic carbocycles. The van der Waals surface area contributed by atoms with Crippen molar-refractivity contribution in [2.45, 2.75) is 65.0 Å². The van der Waals surface area contributed by atoms with E-state index in [1.807, 2.05) is 12.1 Å². The Hall–Kier alpha value is -2.01. The number of hydrogen-bond donors (Lipinski definition) is 0. The summed E-state index contributed by atoms with van der Waals surface area (Å²) in [5.41, 5.74) is 4.71. The fraction of sp³-hybridized carbons (Fsp3) is 0.667. The van der Waals surface area contributed by atoms with Gasteiger partial charge in [-0.3, -0.25) is 9.69 Å². The molecule has 0 N–H and O–H groups in total. The molecule has 2 aliphatic carbocycles. The number of piperazine rings is 1. The Morgan fingerprint density at radius 3 is 2.72 bits per heavy atom. The molecule has 2 saturated heterocycles. The van der Waals surface area contributed by atoms with Crippen molar-refractivity contribution in [2.24, 2.45) is 17.3 Å². The molecule has 0 aromatic heterocycles. The number of esters is 1. The van der Waals surface area contributed by atoms with Crippen LogP contribution in [-0.4, -0.2) is 56.3 Å². The maximum atomic E-state index is 12.9. The van der Waals surface area contributed by atoms with Gasteiger partial charge in [-0.05, 0) is 75.6 Å². The van der Waals surface area contributed by atoms with Gasteiger partial charge in [-0.2, -0.15) is 0 Å². The maximum absolute atomic E-state index is 12.9. The number of carbonyl (C=O) groups is 1. The quantitative estimate of drug-likeness (QED) is 0.505. The zero-order chi connectivity index (χ0) is 22.5. The number of hydrogen-bond acceptors (Lipinski definition) is 5. The highest BCUT2D eigenvalue weighted by atomic mass is 16.6. The van der Waals surface area contributed by atoms with Crippen LogP contribution in [0.2, 0.25) is 0 Å². The highest BCUT2D eigenvalue weighted by Gasteiger charge is 2.53. The van der Waals surface area contributed by atoms with Crippen molar-refractivity contribution in [3.05, 3.63) is 35.4 Å². The zero-order valence-electron chi connectivity index (χ0n) is 20.1. The van der Waals surface area contributed by atoms with Crippen LogP contribution in [0.5, 0.6) is 5.75 Å². The predicted octanol–water partition coefficient (Wildman–Crippen LogP) is 4.66. The Labute approximate surface area is 192 Å². The predicted molar refractivity (Wildman–Crippen MR) is 127 cm³/mol. The van der Waals surface area contributed by atoms with Crippen LogP contribution in [0, 0.1) is 17.3 Å². The third kappa shape index (κ3) is 3.83. The van der Waals surface area contributed by atoms with Gasteiger partial charge < -0.3 is 14.4 Å². The van der Waals surface area contributed by atoms with E-state index in [0.717, 1.165) is 44.8 Å². The average Bonchev–Trinajstić information content (AvgIpc) is 3.06. The second-order valence-corrected chi connectivity index (χ2v) is 10.8. The molecular weight excluding hydrogens is 400 g/mol. The highest BCUT2D eigenvalue weighted by molar-refractivity contribution is 5.76. The summed E-state index contributed by atoms with van der Waals surface area (Å²) in [7, 11) is 1.70. The Balaban J connectivity index is 1.25. The van der Waals surface area contributed by atoms with Gasteiger partial charge in [0.2, 0.25) is 0 Å². The van der Waals surface area contributed by atoms with Crippen molar-refractivity contribution in [1.29, 1.82) is 0 Å². The number of rotatable bonds is 4. The molecule has 0 spiro atoms. The van der Waals surface area contributed by atoms with Crippen molar-refractivity contribution < 1.29 is 14.3 Å². The normalized spacial score (nSPS) is 35.4. The van der Waals surface area contributed by atoms with Crippen molar-refractivity contribution >= 4 is 11.7 Å². The molecule has 3 fully saturated rings. The topological polar surface area (TPSA) is 42.0 Å². The zero-order valence-corrected chi connectivity index (χ0v) is 20.1. The van der Waals surface area contributed by atoms with Crippen LogP contribution in [0.1, 0.15) is 52.9 Å². The largest absolute Gasteiger partial charge is 0.497 e. The molecule has 5 nitrogen and oxygen atoms in total. The van der Waals surface area contributed by atoms with E-state index >= 15 is 0 Å². The Bertz CT molecular complexity index is 895. The molecule has 5 atom stereocenters. The van der Waals surface area contributed by atoms with E-state index in [9.17, 15) is 4.79 Å². The minimum atomic E-state index is 0.0199. The van der Waals surface area contributed by atoms with Crippen LogP contribution in [0.15, 0.2) is 35.4 Å². The summed E-state index contributed by atoms with van der Waals surface area (Å²) >= 11 is 0. The lowest BCUT2D eigenvalue weighted by molar-refractivity contribution is -0.145. The fourth-order valence-corrected chi connectivity index (χ4v) is 6.96. The van der Waals surface area contributed by atoms with Crippen LogP contribution in [0.25, 0.3) is 0 Å². The second kappa shape index (κ2) is 8.40. The molecule has 1 saturated carbocycles. The van der Waals surface area contributed by atoms with E-state index < -0.39 is 0 Å². The Morgan fingerprint density at radius 1 is 1.22 bits per heavy atom. The number of carbonyl (C=O) groups excluding carboxylic acids is 1. The van der Waals surface area contributed by atoms with Gasteiger partial charge in [-0.25, -0.2) is 0 Å². The van der Waals surface area contributed by atoms with Gasteiger partial charge in [-0.1, -0.05) is 18.1 Å². The summed E-state index contributed by atoms with van der Waals surface area (Å²) in [5.74, 6) is 1.31. The van der Waals surface area contributed by atoms with Crippen LogP contribution in [0.4, 0.5) is 5.69 Å². The summed E-state index contributed by atoms with van der Waals surface area (Å²) in [6.07, 6.45) is 5.95. The molecular formula is C27H38N2O3. The van der Waals surface area contributed by atoms with Crippen LogP contribution >= 0.6 is 0 Å². The standard InChI is InChI=1S/C27H38N2O3/c1-18-6-5-11-27(3)15-25-22(14-24(18)27)23(26(30)32-25)17-28-12-13-29(19(2)16-28)20-7-9-21(31-4)10-8-20/h7-10,19,22-23,25H,5-6,11-17H2,1-4H3/t19-,22-,23+,25-,27-/m1/s1. The number of benzene rings is 1. The number of fused-ring (bicyclic) bond motifs is 2. The second-order valence-electron chi connectivity index (χ2n) is 10.8.